The molecule has 2 unspecified atom stereocenters. The van der Waals surface area contributed by atoms with E-state index in [0.717, 1.165) is 5.56 Å². The molecule has 1 saturated heterocycles. The Labute approximate surface area is 206 Å². The highest BCUT2D eigenvalue weighted by Gasteiger charge is 2.50. The van der Waals surface area contributed by atoms with Crippen molar-refractivity contribution in [2.75, 3.05) is 13.7 Å². The maximum absolute atomic E-state index is 13.3. The molecule has 0 radical (unpaired) electrons. The fourth-order valence-corrected chi connectivity index (χ4v) is 3.76. The van der Waals surface area contributed by atoms with Gasteiger partial charge >= 0.3 is 5.97 Å². The maximum atomic E-state index is 13.3. The number of ether oxygens (including phenoxy) is 3. The number of nitrogens with one attached hydrogen (secondary N) is 1. The van der Waals surface area contributed by atoms with Gasteiger partial charge in [-0.2, -0.15) is 0 Å². The molecule has 1 aliphatic rings. The van der Waals surface area contributed by atoms with E-state index in [2.05, 4.69) is 5.32 Å². The van der Waals surface area contributed by atoms with Gasteiger partial charge in [0.05, 0.1) is 19.8 Å². The normalized spacial score (nSPS) is 19.7. The first-order valence-electron chi connectivity index (χ1n) is 11.6. The summed E-state index contributed by atoms with van der Waals surface area (Å²) >= 11 is 0. The number of carbonyl (C=O) groups excluding carboxylic acids is 3. The van der Waals surface area contributed by atoms with Crippen molar-refractivity contribution in [2.24, 2.45) is 5.73 Å². The molecule has 1 fully saturated rings. The lowest BCUT2D eigenvalue weighted by Gasteiger charge is -2.28. The SMILES string of the molecule is COc1ccc(C(C(=O)OC(C)(C)C)C(N)C(=O)N[C@@H](Cc2ccccc2)C(=O)[C@]2(C)CO2)cc1. The van der Waals surface area contributed by atoms with Crippen LogP contribution in [0.4, 0.5) is 0 Å². The maximum Gasteiger partial charge on any atom is 0.316 e. The Morgan fingerprint density at radius 2 is 1.69 bits per heavy atom. The van der Waals surface area contributed by atoms with E-state index in [9.17, 15) is 14.4 Å². The van der Waals surface area contributed by atoms with Gasteiger partial charge in [0, 0.05) is 0 Å². The Balaban J connectivity index is 1.86. The molecular weight excluding hydrogens is 448 g/mol. The molecule has 2 aromatic rings. The molecule has 8 heteroatoms. The van der Waals surface area contributed by atoms with E-state index in [-0.39, 0.29) is 12.2 Å². The van der Waals surface area contributed by atoms with E-state index in [4.69, 9.17) is 19.9 Å². The molecule has 188 valence electrons. The second-order valence-corrected chi connectivity index (χ2v) is 9.94. The van der Waals surface area contributed by atoms with Crippen molar-refractivity contribution in [3.05, 3.63) is 65.7 Å². The van der Waals surface area contributed by atoms with E-state index in [1.807, 2.05) is 30.3 Å². The zero-order valence-corrected chi connectivity index (χ0v) is 20.9. The number of nitrogens with two attached hydrogens (primary N) is 1. The molecular formula is C27H34N2O6. The van der Waals surface area contributed by atoms with Crippen molar-refractivity contribution in [3.8, 4) is 5.75 Å². The Morgan fingerprint density at radius 1 is 1.09 bits per heavy atom. The Kier molecular flexibility index (Phi) is 7.97. The molecule has 3 rings (SSSR count). The van der Waals surface area contributed by atoms with Gasteiger partial charge in [-0.05, 0) is 57.4 Å². The van der Waals surface area contributed by atoms with Crippen LogP contribution in [0.2, 0.25) is 0 Å². The van der Waals surface area contributed by atoms with E-state index in [0.29, 0.717) is 17.9 Å². The Bertz CT molecular complexity index is 1040. The van der Waals surface area contributed by atoms with Crippen molar-refractivity contribution in [2.45, 2.75) is 63.3 Å². The van der Waals surface area contributed by atoms with Crippen LogP contribution in [0.25, 0.3) is 0 Å². The highest BCUT2D eigenvalue weighted by molar-refractivity contribution is 5.98. The van der Waals surface area contributed by atoms with Crippen LogP contribution in [-0.2, 0) is 30.3 Å². The lowest BCUT2D eigenvalue weighted by atomic mass is 9.89. The van der Waals surface area contributed by atoms with Gasteiger partial charge < -0.3 is 25.3 Å². The van der Waals surface area contributed by atoms with Crippen LogP contribution < -0.4 is 15.8 Å². The predicted molar refractivity (Wildman–Crippen MR) is 131 cm³/mol. The summed E-state index contributed by atoms with van der Waals surface area (Å²) < 4.78 is 16.1. The zero-order chi connectivity index (χ0) is 25.8. The van der Waals surface area contributed by atoms with Crippen LogP contribution >= 0.6 is 0 Å². The van der Waals surface area contributed by atoms with E-state index >= 15 is 0 Å². The van der Waals surface area contributed by atoms with E-state index in [1.54, 1.807) is 52.0 Å². The second kappa shape index (κ2) is 10.6. The zero-order valence-electron chi connectivity index (χ0n) is 20.9. The van der Waals surface area contributed by atoms with Crippen LogP contribution in [0.15, 0.2) is 54.6 Å². The first-order valence-corrected chi connectivity index (χ1v) is 11.6. The molecule has 0 saturated carbocycles. The lowest BCUT2D eigenvalue weighted by Crippen LogP contribution is -2.54. The summed E-state index contributed by atoms with van der Waals surface area (Å²) in [7, 11) is 1.54. The average molecular weight is 483 g/mol. The largest absolute Gasteiger partial charge is 0.497 e. The standard InChI is InChI=1S/C27H34N2O6/c1-26(2,3)35-25(32)21(18-11-13-19(33-5)14-12-18)22(28)24(31)29-20(23(30)27(4)16-34-27)15-17-9-7-6-8-10-17/h6-14,20-22H,15-16,28H2,1-5H3,(H,29,31)/t20-,21?,22?,27-/m0/s1. The van der Waals surface area contributed by atoms with Gasteiger partial charge in [0.2, 0.25) is 5.91 Å². The number of hydrogen-bond acceptors (Lipinski definition) is 7. The van der Waals surface area contributed by atoms with Crippen molar-refractivity contribution in [3.63, 3.8) is 0 Å². The number of epoxide rings is 1. The first-order chi connectivity index (χ1) is 16.4. The highest BCUT2D eigenvalue weighted by Crippen LogP contribution is 2.30. The Morgan fingerprint density at radius 3 is 2.20 bits per heavy atom. The molecule has 0 aliphatic carbocycles. The van der Waals surface area contributed by atoms with Gasteiger partial charge in [0.25, 0.3) is 0 Å². The van der Waals surface area contributed by atoms with Crippen molar-refractivity contribution in [1.29, 1.82) is 0 Å². The molecule has 3 N–H and O–H groups in total. The van der Waals surface area contributed by atoms with Crippen molar-refractivity contribution in [1.82, 2.24) is 5.32 Å². The van der Waals surface area contributed by atoms with Crippen LogP contribution in [0.1, 0.15) is 44.7 Å². The topological polar surface area (TPSA) is 120 Å². The number of benzene rings is 2. The van der Waals surface area contributed by atoms with E-state index in [1.165, 1.54) is 7.11 Å². The van der Waals surface area contributed by atoms with Crippen LogP contribution in [0.3, 0.4) is 0 Å². The molecule has 4 atom stereocenters. The first kappa shape index (κ1) is 26.4. The van der Waals surface area contributed by atoms with Crippen molar-refractivity contribution >= 4 is 17.7 Å². The third kappa shape index (κ3) is 6.90. The second-order valence-electron chi connectivity index (χ2n) is 9.94. The quantitative estimate of drug-likeness (QED) is 0.394. The lowest BCUT2D eigenvalue weighted by molar-refractivity contribution is -0.158. The molecule has 0 spiro atoms. The van der Waals surface area contributed by atoms with Gasteiger partial charge in [0.15, 0.2) is 5.78 Å². The summed E-state index contributed by atoms with van der Waals surface area (Å²) in [4.78, 5) is 39.6. The van der Waals surface area contributed by atoms with Crippen LogP contribution in [0.5, 0.6) is 5.75 Å². The summed E-state index contributed by atoms with van der Waals surface area (Å²) in [5, 5.41) is 2.78. The van der Waals surface area contributed by atoms with E-state index < -0.39 is 41.1 Å². The number of amides is 1. The predicted octanol–water partition coefficient (Wildman–Crippen LogP) is 2.53. The van der Waals surface area contributed by atoms with Crippen LogP contribution in [0, 0.1) is 0 Å². The third-order valence-corrected chi connectivity index (χ3v) is 5.81. The molecule has 0 bridgehead atoms. The summed E-state index contributed by atoms with van der Waals surface area (Å²) in [6.07, 6.45) is 0.275. The number of rotatable bonds is 10. The number of ketones is 1. The molecule has 1 aliphatic heterocycles. The van der Waals surface area contributed by atoms with Gasteiger partial charge in [-0.15, -0.1) is 0 Å². The fraction of sp³-hybridized carbons (Fsp3) is 0.444. The molecule has 1 amide bonds. The van der Waals surface area contributed by atoms with Crippen LogP contribution in [-0.4, -0.2) is 54.7 Å². The Hall–Kier alpha value is -3.23. The highest BCUT2D eigenvalue weighted by atomic mass is 16.6. The summed E-state index contributed by atoms with van der Waals surface area (Å²) in [6, 6.07) is 13.9. The number of carbonyl (C=O) groups is 3. The van der Waals surface area contributed by atoms with Gasteiger partial charge in [0.1, 0.15) is 28.9 Å². The number of esters is 1. The molecule has 0 aromatic heterocycles. The minimum atomic E-state index is -1.29. The van der Waals surface area contributed by atoms with Crippen molar-refractivity contribution < 1.29 is 28.6 Å². The fourth-order valence-electron chi connectivity index (χ4n) is 3.76. The minimum absolute atomic E-state index is 0.236. The number of methoxy groups -OCH3 is 1. The summed E-state index contributed by atoms with van der Waals surface area (Å²) in [6.45, 7) is 7.22. The molecule has 1 heterocycles. The summed E-state index contributed by atoms with van der Waals surface area (Å²) in [5.74, 6) is -1.98. The number of hydrogen-bond donors (Lipinski definition) is 2. The molecule has 35 heavy (non-hydrogen) atoms. The molecule has 2 aromatic carbocycles. The van der Waals surface area contributed by atoms with Gasteiger partial charge in [-0.1, -0.05) is 42.5 Å². The van der Waals surface area contributed by atoms with Gasteiger partial charge in [-0.3, -0.25) is 14.4 Å². The average Bonchev–Trinajstić information content (AvgIpc) is 3.56. The summed E-state index contributed by atoms with van der Waals surface area (Å²) in [5.41, 5.74) is 6.04. The monoisotopic (exact) mass is 482 g/mol. The third-order valence-electron chi connectivity index (χ3n) is 5.81. The smallest absolute Gasteiger partial charge is 0.316 e. The number of Topliss-reactive ketones (excluding diaryl/α,β-unsaturated/α-hetero) is 1. The van der Waals surface area contributed by atoms with Gasteiger partial charge in [-0.25, -0.2) is 0 Å². The minimum Gasteiger partial charge on any atom is -0.497 e. The molecule has 8 nitrogen and oxygen atoms in total.